The normalized spacial score (nSPS) is 12.5. The zero-order chi connectivity index (χ0) is 17.1. The Morgan fingerprint density at radius 1 is 1.17 bits per heavy atom. The second-order valence-corrected chi connectivity index (χ2v) is 5.97. The molecule has 0 spiro atoms. The van der Waals surface area contributed by atoms with Crippen molar-refractivity contribution in [2.75, 3.05) is 26.0 Å². The topological polar surface area (TPSA) is 63.1 Å². The minimum absolute atomic E-state index is 0.0902. The molecular formula is C18H21N5O. The molecule has 0 bridgehead atoms. The molecule has 2 aromatic heterocycles. The number of fused-ring (bicyclic) bond motifs is 1. The van der Waals surface area contributed by atoms with E-state index in [0.29, 0.717) is 17.7 Å². The van der Waals surface area contributed by atoms with E-state index in [2.05, 4.69) is 26.4 Å². The molecule has 6 heteroatoms. The first-order chi connectivity index (χ1) is 11.6. The predicted molar refractivity (Wildman–Crippen MR) is 96.1 cm³/mol. The summed E-state index contributed by atoms with van der Waals surface area (Å²) in [6.45, 7) is 0.661. The lowest BCUT2D eigenvalue weighted by Gasteiger charge is -2.25. The summed E-state index contributed by atoms with van der Waals surface area (Å²) in [5.41, 5.74) is 1.04. The second-order valence-electron chi connectivity index (χ2n) is 5.97. The lowest BCUT2D eigenvalue weighted by Crippen LogP contribution is -2.28. The molecule has 1 unspecified atom stereocenters. The van der Waals surface area contributed by atoms with Gasteiger partial charge in [0.15, 0.2) is 5.82 Å². The highest BCUT2D eigenvalue weighted by molar-refractivity contribution is 5.90. The van der Waals surface area contributed by atoms with Crippen molar-refractivity contribution in [3.05, 3.63) is 64.7 Å². The minimum Gasteiger partial charge on any atom is -0.366 e. The van der Waals surface area contributed by atoms with Gasteiger partial charge in [0.2, 0.25) is 0 Å². The third-order valence-corrected chi connectivity index (χ3v) is 4.11. The van der Waals surface area contributed by atoms with Gasteiger partial charge in [0, 0.05) is 31.4 Å². The molecule has 24 heavy (non-hydrogen) atoms. The monoisotopic (exact) mass is 323 g/mol. The van der Waals surface area contributed by atoms with Crippen LogP contribution in [0.5, 0.6) is 0 Å². The van der Waals surface area contributed by atoms with E-state index in [0.717, 1.165) is 10.9 Å². The third kappa shape index (κ3) is 3.14. The summed E-state index contributed by atoms with van der Waals surface area (Å²) in [7, 11) is 5.74. The van der Waals surface area contributed by atoms with E-state index in [4.69, 9.17) is 0 Å². The van der Waals surface area contributed by atoms with Gasteiger partial charge in [-0.1, -0.05) is 24.3 Å². The summed E-state index contributed by atoms with van der Waals surface area (Å²) in [6.07, 6.45) is 3.64. The van der Waals surface area contributed by atoms with E-state index in [1.807, 2.05) is 50.6 Å². The Balaban J connectivity index is 1.92. The lowest BCUT2D eigenvalue weighted by atomic mass is 10.1. The highest BCUT2D eigenvalue weighted by Gasteiger charge is 2.15. The molecule has 3 aromatic rings. The number of pyridine rings is 1. The zero-order valence-corrected chi connectivity index (χ0v) is 14.1. The first kappa shape index (κ1) is 16.1. The van der Waals surface area contributed by atoms with Gasteiger partial charge in [-0.3, -0.25) is 9.78 Å². The van der Waals surface area contributed by atoms with Crippen LogP contribution in [-0.4, -0.2) is 40.3 Å². The number of benzene rings is 1. The smallest absolute Gasteiger partial charge is 0.274 e. The highest BCUT2D eigenvalue weighted by atomic mass is 16.1. The van der Waals surface area contributed by atoms with Crippen molar-refractivity contribution in [2.24, 2.45) is 7.05 Å². The first-order valence-electron chi connectivity index (χ1n) is 7.84. The molecule has 1 N–H and O–H groups in total. The van der Waals surface area contributed by atoms with E-state index in [-0.39, 0.29) is 11.6 Å². The molecule has 0 saturated carbocycles. The maximum absolute atomic E-state index is 12.2. The summed E-state index contributed by atoms with van der Waals surface area (Å²) in [5, 5.41) is 9.28. The van der Waals surface area contributed by atoms with Crippen LogP contribution in [0.4, 0.5) is 5.82 Å². The maximum atomic E-state index is 12.2. The van der Waals surface area contributed by atoms with Crippen molar-refractivity contribution in [1.82, 2.24) is 19.7 Å². The number of hydrogen-bond donors (Lipinski definition) is 1. The number of nitrogens with one attached hydrogen (secondary N) is 1. The van der Waals surface area contributed by atoms with Crippen LogP contribution in [0.3, 0.4) is 0 Å². The van der Waals surface area contributed by atoms with Gasteiger partial charge < -0.3 is 10.2 Å². The van der Waals surface area contributed by atoms with Crippen LogP contribution >= 0.6 is 0 Å². The number of likely N-dealkylation sites (N-methyl/N-ethyl adjacent to an activating group) is 1. The van der Waals surface area contributed by atoms with Crippen LogP contribution < -0.4 is 10.9 Å². The van der Waals surface area contributed by atoms with Crippen molar-refractivity contribution < 1.29 is 0 Å². The van der Waals surface area contributed by atoms with E-state index >= 15 is 0 Å². The molecule has 0 aliphatic carbocycles. The number of rotatable bonds is 5. The molecule has 0 saturated heterocycles. The Labute approximate surface area is 140 Å². The van der Waals surface area contributed by atoms with Crippen LogP contribution in [0.15, 0.2) is 53.6 Å². The summed E-state index contributed by atoms with van der Waals surface area (Å²) in [5.74, 6) is 0.712. The van der Waals surface area contributed by atoms with Crippen molar-refractivity contribution in [2.45, 2.75) is 6.04 Å². The van der Waals surface area contributed by atoms with Crippen molar-refractivity contribution in [1.29, 1.82) is 0 Å². The van der Waals surface area contributed by atoms with Crippen molar-refractivity contribution in [3.8, 4) is 0 Å². The summed E-state index contributed by atoms with van der Waals surface area (Å²) in [6, 6.07) is 11.7. The van der Waals surface area contributed by atoms with Gasteiger partial charge in [-0.2, -0.15) is 5.10 Å². The lowest BCUT2D eigenvalue weighted by molar-refractivity contribution is 0.311. The number of hydrogen-bond acceptors (Lipinski definition) is 5. The Morgan fingerprint density at radius 2 is 1.92 bits per heavy atom. The maximum Gasteiger partial charge on any atom is 0.274 e. The van der Waals surface area contributed by atoms with Gasteiger partial charge in [0.25, 0.3) is 5.56 Å². The molecule has 0 aliphatic rings. The summed E-state index contributed by atoms with van der Waals surface area (Å²) in [4.78, 5) is 18.5. The Kier molecular flexibility index (Phi) is 4.57. The molecule has 0 radical (unpaired) electrons. The fourth-order valence-electron chi connectivity index (χ4n) is 2.80. The van der Waals surface area contributed by atoms with Gasteiger partial charge in [-0.05, 0) is 31.8 Å². The van der Waals surface area contributed by atoms with Gasteiger partial charge in [0.1, 0.15) is 0 Å². The molecular weight excluding hydrogens is 302 g/mol. The molecule has 0 amide bonds. The van der Waals surface area contributed by atoms with E-state index in [9.17, 15) is 4.79 Å². The summed E-state index contributed by atoms with van der Waals surface area (Å²) < 4.78 is 1.37. The predicted octanol–water partition coefficient (Wildman–Crippen LogP) is 2.04. The number of anilines is 1. The molecule has 1 aromatic carbocycles. The van der Waals surface area contributed by atoms with Crippen LogP contribution in [0.25, 0.3) is 10.8 Å². The first-order valence-corrected chi connectivity index (χ1v) is 7.84. The fraction of sp³-hybridized carbons (Fsp3) is 0.278. The van der Waals surface area contributed by atoms with Gasteiger partial charge in [-0.25, -0.2) is 4.68 Å². The van der Waals surface area contributed by atoms with Gasteiger partial charge in [0.05, 0.1) is 11.4 Å². The molecule has 3 rings (SSSR count). The average molecular weight is 323 g/mol. The average Bonchev–Trinajstić information content (AvgIpc) is 2.60. The van der Waals surface area contributed by atoms with E-state index in [1.54, 1.807) is 13.2 Å². The molecule has 124 valence electrons. The Morgan fingerprint density at radius 3 is 2.58 bits per heavy atom. The SMILES string of the molecule is CN(C)C(CNc1nn(C)c(=O)c2ccccc12)c1cccnc1. The van der Waals surface area contributed by atoms with E-state index in [1.165, 1.54) is 4.68 Å². The van der Waals surface area contributed by atoms with Crippen molar-refractivity contribution in [3.63, 3.8) is 0 Å². The number of nitrogens with zero attached hydrogens (tertiary/aromatic N) is 4. The van der Waals surface area contributed by atoms with Crippen LogP contribution in [0.2, 0.25) is 0 Å². The van der Waals surface area contributed by atoms with E-state index < -0.39 is 0 Å². The quantitative estimate of drug-likeness (QED) is 0.778. The molecule has 6 nitrogen and oxygen atoms in total. The molecule has 0 aliphatic heterocycles. The Bertz CT molecular complexity index is 889. The highest BCUT2D eigenvalue weighted by Crippen LogP contribution is 2.21. The van der Waals surface area contributed by atoms with Crippen molar-refractivity contribution >= 4 is 16.6 Å². The van der Waals surface area contributed by atoms with Crippen LogP contribution in [0, 0.1) is 0 Å². The number of aromatic nitrogens is 3. The Hall–Kier alpha value is -2.73. The van der Waals surface area contributed by atoms with Gasteiger partial charge >= 0.3 is 0 Å². The summed E-state index contributed by atoms with van der Waals surface area (Å²) >= 11 is 0. The van der Waals surface area contributed by atoms with Crippen LogP contribution in [0.1, 0.15) is 11.6 Å². The van der Waals surface area contributed by atoms with Gasteiger partial charge in [-0.15, -0.1) is 0 Å². The fourth-order valence-corrected chi connectivity index (χ4v) is 2.80. The second kappa shape index (κ2) is 6.80. The molecule has 0 fully saturated rings. The molecule has 1 atom stereocenters. The molecule has 2 heterocycles. The number of aryl methyl sites for hydroxylation is 1. The minimum atomic E-state index is -0.0902. The standard InChI is InChI=1S/C18H21N5O/c1-22(2)16(13-7-6-10-19-11-13)12-20-17-14-8-4-5-9-15(14)18(24)23(3)21-17/h4-11,16H,12H2,1-3H3,(H,20,21). The largest absolute Gasteiger partial charge is 0.366 e. The third-order valence-electron chi connectivity index (χ3n) is 4.11. The van der Waals surface area contributed by atoms with Crippen LogP contribution in [-0.2, 0) is 7.05 Å². The zero-order valence-electron chi connectivity index (χ0n) is 14.1.